The van der Waals surface area contributed by atoms with Crippen LogP contribution < -0.4 is 0 Å². The van der Waals surface area contributed by atoms with Crippen LogP contribution in [0.25, 0.3) is 24.3 Å². The van der Waals surface area contributed by atoms with E-state index in [2.05, 4.69) is 92.7 Å². The number of benzene rings is 3. The van der Waals surface area contributed by atoms with Crippen LogP contribution >= 0.6 is 11.8 Å². The first-order valence-corrected chi connectivity index (χ1v) is 12.2. The minimum atomic E-state index is 0.608. The molecule has 2 nitrogen and oxygen atoms in total. The lowest BCUT2D eigenvalue weighted by Gasteiger charge is -2.09. The summed E-state index contributed by atoms with van der Waals surface area (Å²) in [5.41, 5.74) is 8.19. The molecule has 3 aromatic carbocycles. The van der Waals surface area contributed by atoms with E-state index in [-0.39, 0.29) is 0 Å². The topological polar surface area (TPSA) is 36.7 Å². The van der Waals surface area contributed by atoms with E-state index in [0.29, 0.717) is 5.56 Å². The van der Waals surface area contributed by atoms with Gasteiger partial charge in [-0.2, -0.15) is 5.26 Å². The van der Waals surface area contributed by atoms with E-state index < -0.39 is 0 Å². The Hall–Kier alpha value is -3.87. The van der Waals surface area contributed by atoms with Crippen LogP contribution in [0.3, 0.4) is 0 Å². The summed E-state index contributed by atoms with van der Waals surface area (Å²) >= 11 is 1.60. The lowest BCUT2D eigenvalue weighted by atomic mass is 10.1. The molecular formula is C31H26N2S. The van der Waals surface area contributed by atoms with Crippen LogP contribution in [-0.2, 0) is 5.75 Å². The molecule has 0 saturated heterocycles. The monoisotopic (exact) mass is 458 g/mol. The Bertz CT molecular complexity index is 1340. The van der Waals surface area contributed by atoms with Gasteiger partial charge in [-0.25, -0.2) is 4.98 Å². The third-order valence-electron chi connectivity index (χ3n) is 5.42. The molecule has 0 unspecified atom stereocenters. The van der Waals surface area contributed by atoms with Crippen LogP contribution in [0, 0.1) is 25.2 Å². The molecule has 1 heterocycles. The van der Waals surface area contributed by atoms with Crippen molar-refractivity contribution in [1.82, 2.24) is 4.98 Å². The minimum absolute atomic E-state index is 0.608. The summed E-state index contributed by atoms with van der Waals surface area (Å²) in [5.74, 6) is 0.759. The van der Waals surface area contributed by atoms with E-state index in [1.54, 1.807) is 11.8 Å². The molecule has 4 rings (SSSR count). The second-order valence-corrected chi connectivity index (χ2v) is 9.15. The molecule has 1 aromatic heterocycles. The summed E-state index contributed by atoms with van der Waals surface area (Å²) in [6, 6.07) is 31.4. The first kappa shape index (κ1) is 23.3. The van der Waals surface area contributed by atoms with E-state index in [1.165, 1.54) is 16.7 Å². The van der Waals surface area contributed by atoms with Crippen molar-refractivity contribution in [2.24, 2.45) is 0 Å². The standard InChI is InChI=1S/C31H26N2S/c1-23-8-12-25(13-9-23)16-18-28-20-29(19-17-26-14-10-24(2)11-15-26)33-31(30(28)21-32)34-22-27-6-4-3-5-7-27/h3-20H,22H2,1-2H3/b18-16+,19-17+. The normalized spacial score (nSPS) is 11.2. The molecule has 0 aliphatic heterocycles. The highest BCUT2D eigenvalue weighted by Crippen LogP contribution is 2.29. The first-order chi connectivity index (χ1) is 16.6. The number of nitriles is 1. The van der Waals surface area contributed by atoms with Crippen molar-refractivity contribution in [2.75, 3.05) is 0 Å². The number of aryl methyl sites for hydroxylation is 2. The molecule has 0 aliphatic rings. The quantitative estimate of drug-likeness (QED) is 0.262. The van der Waals surface area contributed by atoms with Crippen molar-refractivity contribution >= 4 is 36.1 Å². The summed E-state index contributed by atoms with van der Waals surface area (Å²) in [4.78, 5) is 4.84. The van der Waals surface area contributed by atoms with Gasteiger partial charge in [-0.3, -0.25) is 0 Å². The van der Waals surface area contributed by atoms with Crippen LogP contribution in [0.15, 0.2) is 90.0 Å². The third kappa shape index (κ3) is 6.34. The predicted octanol–water partition coefficient (Wildman–Crippen LogP) is 8.20. The van der Waals surface area contributed by atoms with Crippen LogP contribution in [0.1, 0.15) is 44.6 Å². The third-order valence-corrected chi connectivity index (χ3v) is 6.47. The van der Waals surface area contributed by atoms with Gasteiger partial charge in [0.1, 0.15) is 11.1 Å². The summed E-state index contributed by atoms with van der Waals surface area (Å²) in [7, 11) is 0. The van der Waals surface area contributed by atoms with Crippen LogP contribution in [0.5, 0.6) is 0 Å². The van der Waals surface area contributed by atoms with E-state index in [1.807, 2.05) is 36.4 Å². The van der Waals surface area contributed by atoms with Gasteiger partial charge in [0.15, 0.2) is 0 Å². The average molecular weight is 459 g/mol. The van der Waals surface area contributed by atoms with Gasteiger partial charge in [-0.1, -0.05) is 108 Å². The minimum Gasteiger partial charge on any atom is -0.241 e. The SMILES string of the molecule is Cc1ccc(/C=C/c2cc(/C=C/c3ccc(C)cc3)c(C#N)c(SCc3ccccc3)n2)cc1. The van der Waals surface area contributed by atoms with E-state index in [9.17, 15) is 5.26 Å². The number of nitrogens with zero attached hydrogens (tertiary/aromatic N) is 2. The highest BCUT2D eigenvalue weighted by Gasteiger charge is 2.11. The van der Waals surface area contributed by atoms with Gasteiger partial charge in [-0.05, 0) is 48.2 Å². The predicted molar refractivity (Wildman–Crippen MR) is 145 cm³/mol. The Balaban J connectivity index is 1.69. The summed E-state index contributed by atoms with van der Waals surface area (Å²) in [6.07, 6.45) is 8.14. The Morgan fingerprint density at radius 1 is 0.765 bits per heavy atom. The van der Waals surface area contributed by atoms with E-state index in [0.717, 1.165) is 33.2 Å². The van der Waals surface area contributed by atoms with Gasteiger partial charge in [0.2, 0.25) is 0 Å². The fraction of sp³-hybridized carbons (Fsp3) is 0.0968. The average Bonchev–Trinajstić information content (AvgIpc) is 2.87. The first-order valence-electron chi connectivity index (χ1n) is 11.2. The molecule has 0 amide bonds. The lowest BCUT2D eigenvalue weighted by Crippen LogP contribution is -1.95. The molecule has 0 fully saturated rings. The molecule has 0 atom stereocenters. The Labute approximate surface area is 206 Å². The van der Waals surface area contributed by atoms with Gasteiger partial charge >= 0.3 is 0 Å². The number of hydrogen-bond acceptors (Lipinski definition) is 3. The molecule has 166 valence electrons. The van der Waals surface area contributed by atoms with Crippen molar-refractivity contribution < 1.29 is 0 Å². The fourth-order valence-corrected chi connectivity index (χ4v) is 4.42. The van der Waals surface area contributed by atoms with Gasteiger partial charge in [0, 0.05) is 5.75 Å². The molecular weight excluding hydrogens is 432 g/mol. The second-order valence-electron chi connectivity index (χ2n) is 8.19. The summed E-state index contributed by atoms with van der Waals surface area (Å²) in [6.45, 7) is 4.16. The molecule has 0 aliphatic carbocycles. The lowest BCUT2D eigenvalue weighted by molar-refractivity contribution is 1.09. The molecule has 3 heteroatoms. The van der Waals surface area contributed by atoms with Crippen LogP contribution in [0.2, 0.25) is 0 Å². The Morgan fingerprint density at radius 3 is 1.94 bits per heavy atom. The summed E-state index contributed by atoms with van der Waals surface area (Å²) in [5, 5.41) is 10.8. The zero-order valence-electron chi connectivity index (χ0n) is 19.4. The Morgan fingerprint density at radius 2 is 1.35 bits per heavy atom. The van der Waals surface area contributed by atoms with Crippen LogP contribution in [-0.4, -0.2) is 4.98 Å². The van der Waals surface area contributed by atoms with E-state index >= 15 is 0 Å². The highest BCUT2D eigenvalue weighted by molar-refractivity contribution is 7.98. The maximum absolute atomic E-state index is 10.00. The number of rotatable bonds is 7. The molecule has 0 radical (unpaired) electrons. The van der Waals surface area contributed by atoms with Gasteiger partial charge in [0.05, 0.1) is 11.3 Å². The number of thioether (sulfide) groups is 1. The highest BCUT2D eigenvalue weighted by atomic mass is 32.2. The van der Waals surface area contributed by atoms with Crippen molar-refractivity contribution in [3.05, 3.63) is 130 Å². The van der Waals surface area contributed by atoms with Gasteiger partial charge in [0.25, 0.3) is 0 Å². The number of pyridine rings is 1. The largest absolute Gasteiger partial charge is 0.241 e. The molecule has 0 saturated carbocycles. The van der Waals surface area contributed by atoms with Crippen molar-refractivity contribution in [2.45, 2.75) is 24.6 Å². The van der Waals surface area contributed by atoms with E-state index in [4.69, 9.17) is 4.98 Å². The maximum Gasteiger partial charge on any atom is 0.115 e. The Kier molecular flexibility index (Phi) is 7.75. The molecule has 34 heavy (non-hydrogen) atoms. The van der Waals surface area contributed by atoms with Crippen molar-refractivity contribution in [3.8, 4) is 6.07 Å². The van der Waals surface area contributed by atoms with Gasteiger partial charge in [-0.15, -0.1) is 11.8 Å². The second kappa shape index (κ2) is 11.3. The maximum atomic E-state index is 10.00. The van der Waals surface area contributed by atoms with Crippen LogP contribution in [0.4, 0.5) is 0 Å². The molecule has 0 spiro atoms. The molecule has 4 aromatic rings. The van der Waals surface area contributed by atoms with Crippen molar-refractivity contribution in [1.29, 1.82) is 5.26 Å². The molecule has 0 N–H and O–H groups in total. The van der Waals surface area contributed by atoms with Gasteiger partial charge < -0.3 is 0 Å². The zero-order chi connectivity index (χ0) is 23.8. The fourth-order valence-electron chi connectivity index (χ4n) is 3.44. The van der Waals surface area contributed by atoms with Crippen molar-refractivity contribution in [3.63, 3.8) is 0 Å². The zero-order valence-corrected chi connectivity index (χ0v) is 20.2. The number of aromatic nitrogens is 1. The summed E-state index contributed by atoms with van der Waals surface area (Å²) < 4.78 is 0. The number of hydrogen-bond donors (Lipinski definition) is 0. The molecule has 0 bridgehead atoms. The smallest absolute Gasteiger partial charge is 0.115 e.